The molecule has 1 aliphatic rings. The van der Waals surface area contributed by atoms with Crippen LogP contribution in [0, 0.1) is 11.5 Å². The fourth-order valence-corrected chi connectivity index (χ4v) is 3.65. The molecule has 0 saturated carbocycles. The number of rotatable bonds is 3. The number of aromatic nitrogens is 3. The molecule has 160 valence electrons. The van der Waals surface area contributed by atoms with Crippen molar-refractivity contribution in [3.05, 3.63) is 48.4 Å². The molecule has 3 aromatic rings. The van der Waals surface area contributed by atoms with Gasteiger partial charge in [0.15, 0.2) is 0 Å². The molecule has 4 rings (SSSR count). The molecule has 1 aromatic carbocycles. The topological polar surface area (TPSA) is 105 Å². The van der Waals surface area contributed by atoms with Gasteiger partial charge in [-0.25, -0.2) is 9.97 Å². The molecule has 31 heavy (non-hydrogen) atoms. The van der Waals surface area contributed by atoms with Crippen molar-refractivity contribution < 1.29 is 13.2 Å². The first kappa shape index (κ1) is 20.5. The fourth-order valence-electron chi connectivity index (χ4n) is 3.65. The molecule has 1 saturated heterocycles. The number of alkyl halides is 3. The first-order valence-electron chi connectivity index (χ1n) is 9.64. The van der Waals surface area contributed by atoms with Gasteiger partial charge in [-0.3, -0.25) is 0 Å². The predicted octanol–water partition coefficient (Wildman–Crippen LogP) is 3.48. The van der Waals surface area contributed by atoms with E-state index in [4.69, 9.17) is 5.26 Å². The lowest BCUT2D eigenvalue weighted by Crippen LogP contribution is -2.49. The van der Waals surface area contributed by atoms with E-state index in [9.17, 15) is 13.2 Å². The summed E-state index contributed by atoms with van der Waals surface area (Å²) in [6, 6.07) is 6.59. The lowest BCUT2D eigenvalue weighted by molar-refractivity contribution is -0.137. The van der Waals surface area contributed by atoms with Gasteiger partial charge in [0, 0.05) is 31.0 Å². The van der Waals surface area contributed by atoms with Crippen LogP contribution in [0.5, 0.6) is 0 Å². The lowest BCUT2D eigenvalue weighted by Gasteiger charge is -2.34. The third kappa shape index (κ3) is 4.69. The van der Waals surface area contributed by atoms with Gasteiger partial charge in [0.2, 0.25) is 12.2 Å². The van der Waals surface area contributed by atoms with Gasteiger partial charge in [-0.15, -0.1) is 4.99 Å². The van der Waals surface area contributed by atoms with Gasteiger partial charge in [0.1, 0.15) is 17.8 Å². The first-order chi connectivity index (χ1) is 14.9. The van der Waals surface area contributed by atoms with Crippen LogP contribution in [-0.2, 0) is 6.18 Å². The number of nitrogens with one attached hydrogen (secondary N) is 3. The van der Waals surface area contributed by atoms with Crippen molar-refractivity contribution in [1.82, 2.24) is 20.3 Å². The van der Waals surface area contributed by atoms with Crippen LogP contribution in [0.15, 0.2) is 47.8 Å². The Balaban J connectivity index is 1.48. The van der Waals surface area contributed by atoms with Crippen LogP contribution < -0.4 is 15.5 Å². The number of aliphatic imine (C=N–C) groups is 1. The molecule has 0 spiro atoms. The number of anilines is 2. The largest absolute Gasteiger partial charge is 0.416 e. The van der Waals surface area contributed by atoms with Crippen molar-refractivity contribution in [3.8, 4) is 6.19 Å². The zero-order valence-electron chi connectivity index (χ0n) is 16.3. The number of guanidine groups is 1. The van der Waals surface area contributed by atoms with Gasteiger partial charge in [0.05, 0.1) is 10.9 Å². The van der Waals surface area contributed by atoms with E-state index in [0.717, 1.165) is 48.4 Å². The Morgan fingerprint density at radius 1 is 1.29 bits per heavy atom. The van der Waals surface area contributed by atoms with E-state index in [0.29, 0.717) is 6.54 Å². The molecule has 3 N–H and O–H groups in total. The molecule has 8 nitrogen and oxygen atoms in total. The number of hydrogen-bond acceptors (Lipinski definition) is 5. The summed E-state index contributed by atoms with van der Waals surface area (Å²) in [5.41, 5.74) is 0.156. The molecule has 1 aliphatic heterocycles. The minimum atomic E-state index is -4.46. The minimum Gasteiger partial charge on any atom is -0.354 e. The van der Waals surface area contributed by atoms with Gasteiger partial charge in [-0.2, -0.15) is 18.4 Å². The molecule has 0 aliphatic carbocycles. The second-order valence-corrected chi connectivity index (χ2v) is 7.13. The van der Waals surface area contributed by atoms with E-state index in [1.165, 1.54) is 18.5 Å². The molecule has 1 fully saturated rings. The maximum absolute atomic E-state index is 13.0. The second kappa shape index (κ2) is 8.51. The van der Waals surface area contributed by atoms with Crippen molar-refractivity contribution >= 4 is 28.5 Å². The highest BCUT2D eigenvalue weighted by Gasteiger charge is 2.30. The average molecular weight is 428 g/mol. The van der Waals surface area contributed by atoms with E-state index in [2.05, 4.69) is 35.5 Å². The number of nitriles is 1. The summed E-state index contributed by atoms with van der Waals surface area (Å²) in [5.74, 6) is 0.908. The highest BCUT2D eigenvalue weighted by Crippen LogP contribution is 2.30. The summed E-state index contributed by atoms with van der Waals surface area (Å²) in [6.45, 7) is 1.40. The van der Waals surface area contributed by atoms with Crippen LogP contribution in [-0.4, -0.2) is 40.0 Å². The van der Waals surface area contributed by atoms with Crippen LogP contribution in [0.3, 0.4) is 0 Å². The summed E-state index contributed by atoms with van der Waals surface area (Å²) < 4.78 is 38.9. The molecule has 2 aromatic heterocycles. The third-order valence-corrected chi connectivity index (χ3v) is 5.01. The molecule has 0 bridgehead atoms. The summed E-state index contributed by atoms with van der Waals surface area (Å²) in [6.07, 6.45) is 2.22. The summed E-state index contributed by atoms with van der Waals surface area (Å²) in [4.78, 5) is 17.5. The normalized spacial score (nSPS) is 17.4. The van der Waals surface area contributed by atoms with Crippen LogP contribution in [0.1, 0.15) is 18.4 Å². The number of H-pyrrole nitrogens is 1. The Morgan fingerprint density at radius 3 is 2.97 bits per heavy atom. The maximum Gasteiger partial charge on any atom is 0.416 e. The minimum absolute atomic E-state index is 0.0805. The van der Waals surface area contributed by atoms with Crippen LogP contribution >= 0.6 is 0 Å². The van der Waals surface area contributed by atoms with E-state index in [1.54, 1.807) is 12.4 Å². The van der Waals surface area contributed by atoms with Crippen molar-refractivity contribution in [2.75, 3.05) is 23.3 Å². The monoisotopic (exact) mass is 428 g/mol. The molecule has 3 heterocycles. The Bertz CT molecular complexity index is 1130. The van der Waals surface area contributed by atoms with E-state index < -0.39 is 11.7 Å². The van der Waals surface area contributed by atoms with Crippen LogP contribution in [0.4, 0.5) is 24.7 Å². The van der Waals surface area contributed by atoms with Crippen molar-refractivity contribution in [2.45, 2.75) is 25.1 Å². The molecular formula is C20H19F3N8. The molecule has 11 heteroatoms. The summed E-state index contributed by atoms with van der Waals surface area (Å²) in [7, 11) is 0. The van der Waals surface area contributed by atoms with Crippen molar-refractivity contribution in [1.29, 1.82) is 5.26 Å². The fraction of sp³-hybridized carbons (Fsp3) is 0.300. The number of fused-ring (bicyclic) bond motifs is 1. The van der Waals surface area contributed by atoms with Gasteiger partial charge in [-0.1, -0.05) is 6.07 Å². The molecule has 0 amide bonds. The SMILES string of the molecule is N#C/N=C(\Nc1cccc(C(F)(F)F)c1)NC1CCCN(c2ncnc3[nH]ccc23)C1. The Hall–Kier alpha value is -3.81. The summed E-state index contributed by atoms with van der Waals surface area (Å²) >= 11 is 0. The van der Waals surface area contributed by atoms with E-state index in [1.807, 2.05) is 6.07 Å². The van der Waals surface area contributed by atoms with Crippen molar-refractivity contribution in [3.63, 3.8) is 0 Å². The highest BCUT2D eigenvalue weighted by molar-refractivity contribution is 5.94. The Labute approximate surface area is 175 Å². The Morgan fingerprint density at radius 2 is 2.16 bits per heavy atom. The zero-order valence-corrected chi connectivity index (χ0v) is 16.3. The van der Waals surface area contributed by atoms with Crippen LogP contribution in [0.2, 0.25) is 0 Å². The number of benzene rings is 1. The zero-order chi connectivity index (χ0) is 21.8. The van der Waals surface area contributed by atoms with Gasteiger partial charge >= 0.3 is 6.18 Å². The Kier molecular flexibility index (Phi) is 5.62. The predicted molar refractivity (Wildman–Crippen MR) is 110 cm³/mol. The number of piperidine rings is 1. The molecule has 1 atom stereocenters. The highest BCUT2D eigenvalue weighted by atomic mass is 19.4. The molecular weight excluding hydrogens is 409 g/mol. The standard InChI is InChI=1S/C20H19F3N8/c21-20(22,23)13-3-1-4-14(9-13)29-19(26-11-24)30-15-5-2-8-31(10-15)18-16-6-7-25-17(16)27-12-28-18/h1,3-4,6-7,9,12,15H,2,5,8,10H2,(H,25,27,28)(H2,26,29,30). The summed E-state index contributed by atoms with van der Waals surface area (Å²) in [5, 5.41) is 15.9. The molecule has 0 radical (unpaired) electrons. The van der Waals surface area contributed by atoms with E-state index >= 15 is 0 Å². The number of halogens is 3. The quantitative estimate of drug-likeness (QED) is 0.335. The maximum atomic E-state index is 13.0. The van der Waals surface area contributed by atoms with Gasteiger partial charge in [0.25, 0.3) is 0 Å². The lowest BCUT2D eigenvalue weighted by atomic mass is 10.1. The first-order valence-corrected chi connectivity index (χ1v) is 9.64. The smallest absolute Gasteiger partial charge is 0.354 e. The van der Waals surface area contributed by atoms with Crippen molar-refractivity contribution in [2.24, 2.45) is 4.99 Å². The second-order valence-electron chi connectivity index (χ2n) is 7.13. The molecule has 1 unspecified atom stereocenters. The van der Waals surface area contributed by atoms with Gasteiger partial charge in [-0.05, 0) is 37.1 Å². The van der Waals surface area contributed by atoms with E-state index in [-0.39, 0.29) is 17.7 Å². The number of hydrogen-bond donors (Lipinski definition) is 3. The van der Waals surface area contributed by atoms with Crippen LogP contribution in [0.25, 0.3) is 11.0 Å². The number of nitrogens with zero attached hydrogens (tertiary/aromatic N) is 5. The average Bonchev–Trinajstić information content (AvgIpc) is 3.23. The van der Waals surface area contributed by atoms with Gasteiger partial charge < -0.3 is 20.5 Å². The number of aromatic amines is 1. The third-order valence-electron chi connectivity index (χ3n) is 5.01.